The number of unbranched alkanes of at least 4 members (excludes halogenated alkanes) is 1. The Morgan fingerprint density at radius 3 is 1.70 bits per heavy atom. The van der Waals surface area contributed by atoms with Crippen molar-refractivity contribution in [2.75, 3.05) is 11.5 Å². The van der Waals surface area contributed by atoms with Gasteiger partial charge in [0.05, 0.1) is 0 Å². The Labute approximate surface area is 130 Å². The van der Waals surface area contributed by atoms with Crippen molar-refractivity contribution in [3.63, 3.8) is 0 Å². The molecule has 0 heterocycles. The molecular weight excluding hydrogens is 335 g/mol. The van der Waals surface area contributed by atoms with Crippen LogP contribution in [0, 0.1) is 0 Å². The number of alkyl halides is 1. The molecule has 0 radical (unpaired) electrons. The van der Waals surface area contributed by atoms with E-state index in [0.29, 0.717) is 0 Å². The van der Waals surface area contributed by atoms with Gasteiger partial charge < -0.3 is 9.05 Å². The molecule has 0 amide bonds. The summed E-state index contributed by atoms with van der Waals surface area (Å²) in [6.45, 7) is 0. The molecule has 0 aliphatic rings. The summed E-state index contributed by atoms with van der Waals surface area (Å²) in [6, 6.07) is 19.7. The van der Waals surface area contributed by atoms with Crippen LogP contribution in [0.4, 0.5) is 0 Å². The molecule has 0 fully saturated rings. The van der Waals surface area contributed by atoms with E-state index in [0.717, 1.165) is 35.8 Å². The van der Waals surface area contributed by atoms with Gasteiger partial charge in [0.1, 0.15) is 11.5 Å². The SMILES string of the molecule is BrCCCCP(Oc1ccccc1)Oc1ccccc1. The van der Waals surface area contributed by atoms with Crippen molar-refractivity contribution in [2.45, 2.75) is 12.8 Å². The van der Waals surface area contributed by atoms with Gasteiger partial charge in [-0.05, 0) is 37.1 Å². The minimum absolute atomic E-state index is 0.869. The highest BCUT2D eigenvalue weighted by Gasteiger charge is 2.14. The lowest BCUT2D eigenvalue weighted by Gasteiger charge is -2.18. The minimum atomic E-state index is -0.946. The van der Waals surface area contributed by atoms with E-state index in [4.69, 9.17) is 9.05 Å². The van der Waals surface area contributed by atoms with E-state index in [1.807, 2.05) is 60.7 Å². The van der Waals surface area contributed by atoms with E-state index in [-0.39, 0.29) is 0 Å². The van der Waals surface area contributed by atoms with Crippen LogP contribution in [0.25, 0.3) is 0 Å². The van der Waals surface area contributed by atoms with Crippen molar-refractivity contribution in [3.8, 4) is 11.5 Å². The van der Waals surface area contributed by atoms with Crippen LogP contribution in [-0.4, -0.2) is 11.5 Å². The third-order valence-electron chi connectivity index (χ3n) is 2.63. The smallest absolute Gasteiger partial charge is 0.290 e. The van der Waals surface area contributed by atoms with E-state index >= 15 is 0 Å². The van der Waals surface area contributed by atoms with Gasteiger partial charge in [0, 0.05) is 11.5 Å². The Balaban J connectivity index is 1.96. The molecule has 4 heteroatoms. The largest absolute Gasteiger partial charge is 0.439 e. The van der Waals surface area contributed by atoms with E-state index in [2.05, 4.69) is 15.9 Å². The second kappa shape index (κ2) is 8.99. The maximum atomic E-state index is 5.99. The molecule has 0 saturated carbocycles. The molecule has 0 spiro atoms. The summed E-state index contributed by atoms with van der Waals surface area (Å²) in [4.78, 5) is 0. The number of rotatable bonds is 8. The Bertz CT molecular complexity index is 437. The first-order chi connectivity index (χ1) is 9.88. The molecule has 0 aliphatic heterocycles. The third kappa shape index (κ3) is 5.52. The molecule has 0 aliphatic carbocycles. The van der Waals surface area contributed by atoms with Crippen molar-refractivity contribution < 1.29 is 9.05 Å². The average Bonchev–Trinajstić information content (AvgIpc) is 2.49. The van der Waals surface area contributed by atoms with Crippen LogP contribution in [0.1, 0.15) is 12.8 Å². The second-order valence-corrected chi connectivity index (χ2v) is 6.53. The van der Waals surface area contributed by atoms with Gasteiger partial charge in [-0.2, -0.15) is 0 Å². The van der Waals surface area contributed by atoms with Crippen molar-refractivity contribution in [1.29, 1.82) is 0 Å². The molecular formula is C16H18BrO2P. The lowest BCUT2D eigenvalue weighted by atomic mass is 10.3. The van der Waals surface area contributed by atoms with Crippen molar-refractivity contribution in [3.05, 3.63) is 60.7 Å². The van der Waals surface area contributed by atoms with Gasteiger partial charge in [0.15, 0.2) is 0 Å². The van der Waals surface area contributed by atoms with Gasteiger partial charge in [-0.15, -0.1) is 0 Å². The van der Waals surface area contributed by atoms with Crippen LogP contribution in [0.15, 0.2) is 60.7 Å². The van der Waals surface area contributed by atoms with E-state index < -0.39 is 8.38 Å². The fraction of sp³-hybridized carbons (Fsp3) is 0.250. The predicted molar refractivity (Wildman–Crippen MR) is 89.0 cm³/mol. The average molecular weight is 353 g/mol. The molecule has 2 aromatic rings. The first-order valence-corrected chi connectivity index (χ1v) is 9.16. The number of hydrogen-bond donors (Lipinski definition) is 0. The van der Waals surface area contributed by atoms with E-state index in [9.17, 15) is 0 Å². The molecule has 106 valence electrons. The van der Waals surface area contributed by atoms with Crippen LogP contribution >= 0.6 is 24.3 Å². The zero-order chi connectivity index (χ0) is 14.0. The zero-order valence-corrected chi connectivity index (χ0v) is 13.7. The van der Waals surface area contributed by atoms with Crippen LogP contribution < -0.4 is 9.05 Å². The van der Waals surface area contributed by atoms with Gasteiger partial charge in [-0.25, -0.2) is 0 Å². The summed E-state index contributed by atoms with van der Waals surface area (Å²) in [5.74, 6) is 1.74. The van der Waals surface area contributed by atoms with Crippen LogP contribution in [0.2, 0.25) is 0 Å². The van der Waals surface area contributed by atoms with E-state index in [1.165, 1.54) is 0 Å². The normalized spacial score (nSPS) is 10.5. The molecule has 0 saturated heterocycles. The van der Waals surface area contributed by atoms with Gasteiger partial charge in [-0.1, -0.05) is 52.3 Å². The highest BCUT2D eigenvalue weighted by atomic mass is 79.9. The molecule has 2 nitrogen and oxygen atoms in total. The molecule has 0 unspecified atom stereocenters. The summed E-state index contributed by atoms with van der Waals surface area (Å²) in [5.41, 5.74) is 0. The first-order valence-electron chi connectivity index (χ1n) is 6.68. The number of halogens is 1. The minimum Gasteiger partial charge on any atom is -0.439 e. The van der Waals surface area contributed by atoms with Crippen LogP contribution in [0.5, 0.6) is 11.5 Å². The summed E-state index contributed by atoms with van der Waals surface area (Å²) in [5, 5.41) is 1.02. The number of para-hydroxylation sites is 2. The Kier molecular flexibility index (Phi) is 6.90. The van der Waals surface area contributed by atoms with Gasteiger partial charge in [0.25, 0.3) is 8.38 Å². The molecule has 20 heavy (non-hydrogen) atoms. The standard InChI is InChI=1S/C16H18BrO2P/c17-13-7-8-14-20(18-15-9-3-1-4-10-15)19-16-11-5-2-6-12-16/h1-6,9-12H,7-8,13-14H2. The predicted octanol–water partition coefficient (Wildman–Crippen LogP) is 5.63. The quantitative estimate of drug-likeness (QED) is 0.348. The summed E-state index contributed by atoms with van der Waals surface area (Å²) >= 11 is 3.46. The van der Waals surface area contributed by atoms with Crippen molar-refractivity contribution >= 4 is 24.3 Å². The van der Waals surface area contributed by atoms with Crippen molar-refractivity contribution in [2.24, 2.45) is 0 Å². The van der Waals surface area contributed by atoms with Gasteiger partial charge in [0.2, 0.25) is 0 Å². The maximum Gasteiger partial charge on any atom is 0.290 e. The highest BCUT2D eigenvalue weighted by Crippen LogP contribution is 2.41. The molecule has 0 bridgehead atoms. The zero-order valence-electron chi connectivity index (χ0n) is 11.2. The monoisotopic (exact) mass is 352 g/mol. The second-order valence-electron chi connectivity index (χ2n) is 4.26. The fourth-order valence-electron chi connectivity index (χ4n) is 1.64. The maximum absolute atomic E-state index is 5.99. The topological polar surface area (TPSA) is 18.5 Å². The lowest BCUT2D eigenvalue weighted by molar-refractivity contribution is 0.487. The molecule has 2 aromatic carbocycles. The Morgan fingerprint density at radius 1 is 0.750 bits per heavy atom. The Morgan fingerprint density at radius 2 is 1.25 bits per heavy atom. The van der Waals surface area contributed by atoms with Crippen molar-refractivity contribution in [1.82, 2.24) is 0 Å². The summed E-state index contributed by atoms with van der Waals surface area (Å²) in [7, 11) is -0.946. The molecule has 2 rings (SSSR count). The van der Waals surface area contributed by atoms with E-state index in [1.54, 1.807) is 0 Å². The summed E-state index contributed by atoms with van der Waals surface area (Å²) in [6.07, 6.45) is 3.16. The number of benzene rings is 2. The van der Waals surface area contributed by atoms with Gasteiger partial charge >= 0.3 is 0 Å². The fourth-order valence-corrected chi connectivity index (χ4v) is 3.46. The Hall–Kier alpha value is -1.05. The van der Waals surface area contributed by atoms with Gasteiger partial charge in [-0.3, -0.25) is 0 Å². The molecule has 0 aromatic heterocycles. The lowest BCUT2D eigenvalue weighted by Crippen LogP contribution is -2.00. The van der Waals surface area contributed by atoms with Crippen LogP contribution in [-0.2, 0) is 0 Å². The summed E-state index contributed by atoms with van der Waals surface area (Å²) < 4.78 is 12.0. The third-order valence-corrected chi connectivity index (χ3v) is 4.70. The highest BCUT2D eigenvalue weighted by molar-refractivity contribution is 9.09. The molecule has 0 N–H and O–H groups in total. The van der Waals surface area contributed by atoms with Crippen LogP contribution in [0.3, 0.4) is 0 Å². The number of hydrogen-bond acceptors (Lipinski definition) is 2. The first kappa shape index (κ1) is 15.3. The molecule has 0 atom stereocenters.